The second-order valence-corrected chi connectivity index (χ2v) is 31.0. The third-order valence-electron chi connectivity index (χ3n) is 25.9. The van der Waals surface area contributed by atoms with Crippen LogP contribution in [0.25, 0.3) is 0 Å². The molecule has 0 radical (unpaired) electrons. The Bertz CT molecular complexity index is 2760. The van der Waals surface area contributed by atoms with Gasteiger partial charge in [-0.15, -0.1) is 0 Å². The van der Waals surface area contributed by atoms with Gasteiger partial charge in [-0.05, 0) is 118 Å². The fraction of sp³-hybridized carbons (Fsp3) is 0.879. The lowest BCUT2D eigenvalue weighted by Gasteiger charge is -2.42. The lowest BCUT2D eigenvalue weighted by Crippen LogP contribution is -2.45. The van der Waals surface area contributed by atoms with Gasteiger partial charge in [0.1, 0.15) is 42.2 Å². The molecule has 21 heteroatoms. The zero-order valence-corrected chi connectivity index (χ0v) is 52.4. The highest BCUT2D eigenvalue weighted by molar-refractivity contribution is 5.80. The average Bonchev–Trinajstić information content (AvgIpc) is 2.44. The quantitative estimate of drug-likeness (QED) is 0.184. The first-order valence-electron chi connectivity index (χ1n) is 32.5. The number of hydrogen-bond acceptors (Lipinski definition) is 18. The summed E-state index contributed by atoms with van der Waals surface area (Å²) < 4.78 is 80.5. The lowest BCUT2D eigenvalue weighted by atomic mass is 9.65. The van der Waals surface area contributed by atoms with E-state index in [0.29, 0.717) is 60.2 Å². The minimum atomic E-state index is -4.26. The first kappa shape index (κ1) is 64.0. The number of nitriles is 1. The van der Waals surface area contributed by atoms with Crippen molar-refractivity contribution in [3.8, 4) is 6.07 Å². The summed E-state index contributed by atoms with van der Waals surface area (Å²) in [5.41, 5.74) is 0.200. The maximum absolute atomic E-state index is 12.8. The molecule has 18 nitrogen and oxygen atoms in total. The van der Waals surface area contributed by atoms with Crippen LogP contribution >= 0.6 is 0 Å². The molecule has 0 aromatic carbocycles. The van der Waals surface area contributed by atoms with Crippen molar-refractivity contribution in [2.45, 2.75) is 220 Å². The van der Waals surface area contributed by atoms with Crippen molar-refractivity contribution in [3.63, 3.8) is 0 Å². The number of fused-ring (bicyclic) bond motifs is 11. The first-order chi connectivity index (χ1) is 40.7. The van der Waals surface area contributed by atoms with Crippen LogP contribution < -0.4 is 0 Å². The van der Waals surface area contributed by atoms with Crippen LogP contribution in [0, 0.1) is 146 Å². The van der Waals surface area contributed by atoms with Crippen molar-refractivity contribution < 1.29 is 94.8 Å². The zero-order chi connectivity index (χ0) is 63.2. The van der Waals surface area contributed by atoms with Crippen LogP contribution in [0.5, 0.6) is 0 Å². The third kappa shape index (κ3) is 10.8. The largest absolute Gasteiger partial charge is 0.462 e. The molecule has 0 aromatic heterocycles. The van der Waals surface area contributed by atoms with Gasteiger partial charge in [0, 0.05) is 54.5 Å². The van der Waals surface area contributed by atoms with Gasteiger partial charge in [0.25, 0.3) is 0 Å². The SMILES string of the molecule is CC1(C)CCC2CC1(C)OC2=O.CC1(C)CCC2CC1OC2=O.CC1C2CC(C(=O)O2)C(O)C1O.CC1C2CC3C1OC(=O)C3C2C#N.CC1C2CC3C1OC(=O)C3C2C(F)(F)F.CC1CC2CC(OC2=O)C1C.COC1C2CC3C(OC(=O)C31)C2C. The van der Waals surface area contributed by atoms with Crippen LogP contribution in [0.1, 0.15) is 153 Å². The topological polar surface area (TPSA) is 258 Å². The number of aliphatic hydroxyl groups is 2. The molecule has 7 aliphatic heterocycles. The van der Waals surface area contributed by atoms with Crippen LogP contribution in [0.3, 0.4) is 0 Å². The molecule has 0 aromatic rings. The highest BCUT2D eigenvalue weighted by Crippen LogP contribution is 2.65. The van der Waals surface area contributed by atoms with E-state index in [0.717, 1.165) is 64.2 Å². The summed E-state index contributed by atoms with van der Waals surface area (Å²) in [5.74, 6) is -0.276. The fourth-order valence-corrected chi connectivity index (χ4v) is 19.6. The second kappa shape index (κ2) is 23.0. The van der Waals surface area contributed by atoms with E-state index in [1.165, 1.54) is 0 Å². The van der Waals surface area contributed by atoms with E-state index < -0.39 is 48.0 Å². The molecule has 2 N–H and O–H groups in total. The molecule has 17 aliphatic rings. The number of nitrogens with zero attached hydrogens (tertiary/aromatic N) is 1. The summed E-state index contributed by atoms with van der Waals surface area (Å²) >= 11 is 0. The molecule has 7 saturated heterocycles. The Kier molecular flexibility index (Phi) is 16.9. The summed E-state index contributed by atoms with van der Waals surface area (Å²) in [5, 5.41) is 27.9. The number of methoxy groups -OCH3 is 1. The number of alkyl halides is 3. The molecule has 14 bridgehead atoms. The minimum absolute atomic E-state index is 0.0197. The van der Waals surface area contributed by atoms with Crippen LogP contribution in [0.4, 0.5) is 13.2 Å². The van der Waals surface area contributed by atoms with Gasteiger partial charge in [-0.25, -0.2) is 0 Å². The Morgan fingerprint density at radius 2 is 1.06 bits per heavy atom. The van der Waals surface area contributed by atoms with Gasteiger partial charge in [-0.3, -0.25) is 33.6 Å². The predicted molar refractivity (Wildman–Crippen MR) is 299 cm³/mol. The predicted octanol–water partition coefficient (Wildman–Crippen LogP) is 8.52. The molecule has 0 spiro atoms. The summed E-state index contributed by atoms with van der Waals surface area (Å²) in [6, 6.07) is 2.28. The summed E-state index contributed by atoms with van der Waals surface area (Å²) in [6.07, 6.45) is 5.86. The van der Waals surface area contributed by atoms with Crippen LogP contribution in [-0.2, 0) is 71.5 Å². The number of ether oxygens (including phenoxy) is 8. The molecule has 484 valence electrons. The number of carbonyl (C=O) groups is 7. The summed E-state index contributed by atoms with van der Waals surface area (Å²) in [6.45, 7) is 23.1. The number of esters is 7. The highest BCUT2D eigenvalue weighted by atomic mass is 19.4. The van der Waals surface area contributed by atoms with Gasteiger partial charge in [0.15, 0.2) is 0 Å². The number of rotatable bonds is 1. The number of halogens is 3. The van der Waals surface area contributed by atoms with Crippen LogP contribution in [-0.4, -0.2) is 126 Å². The van der Waals surface area contributed by atoms with Crippen molar-refractivity contribution in [3.05, 3.63) is 0 Å². The maximum atomic E-state index is 12.8. The second-order valence-electron chi connectivity index (χ2n) is 31.0. The van der Waals surface area contributed by atoms with Crippen molar-refractivity contribution in [1.82, 2.24) is 0 Å². The van der Waals surface area contributed by atoms with Gasteiger partial charge in [-0.2, -0.15) is 18.4 Å². The van der Waals surface area contributed by atoms with Crippen LogP contribution in [0.15, 0.2) is 0 Å². The molecule has 31 atom stereocenters. The van der Waals surface area contributed by atoms with E-state index in [-0.39, 0.29) is 148 Å². The van der Waals surface area contributed by atoms with Crippen molar-refractivity contribution in [2.75, 3.05) is 7.11 Å². The molecule has 10 saturated carbocycles. The molecule has 31 unspecified atom stereocenters. The third-order valence-corrected chi connectivity index (χ3v) is 25.9. The molecular formula is C66H92F3NO17. The van der Waals surface area contributed by atoms with Gasteiger partial charge in [0.2, 0.25) is 0 Å². The molecule has 7 heterocycles. The van der Waals surface area contributed by atoms with E-state index in [4.69, 9.17) is 43.2 Å². The van der Waals surface area contributed by atoms with Crippen LogP contribution in [0.2, 0.25) is 0 Å². The maximum Gasteiger partial charge on any atom is 0.392 e. The zero-order valence-electron chi connectivity index (χ0n) is 52.4. The van der Waals surface area contributed by atoms with E-state index in [1.54, 1.807) is 21.0 Å². The molecule has 17 fully saturated rings. The number of aliphatic hydroxyl groups excluding tert-OH is 2. The standard InChI is InChI=1S/C10H11F3O2.C10H11NO2.C10H14O3.C10H16O2.2C9H14O2.C8H12O4/c1-3-4-2-5-6(7(4)10(11,12)13)9(14)15-8(3)5;1-4-5-2-6-8(7(5)3-11)10(12)13-9(4)6;1-4-5-3-6-7(9(5)12-2)10(11)13-8(4)6;1-9(2)5-4-7-6-10(9,3)12-8(7)11;1-5-3-7-4-8(6(5)2)11-9(7)10;1-9(2)4-3-6-5-7(9)11-8(6)10;1-3-5-2-4(8(11)12-5)7(10)6(3)9/h3-8H,2H2,1H3;4-9H,2H2,1H3;4-9H,3H2,1-2H3;7H,4-6H2,1-3H3;5-8H,3-4H2,1-2H3;6-7H,3-5H2,1-2H3;3-7,9-10H,2H2,1H3. The molecular weight excluding hydrogens is 1140 g/mol. The van der Waals surface area contributed by atoms with Crippen molar-refractivity contribution in [1.29, 1.82) is 5.26 Å². The molecule has 0 amide bonds. The van der Waals surface area contributed by atoms with Gasteiger partial charge < -0.3 is 48.1 Å². The van der Waals surface area contributed by atoms with E-state index in [2.05, 4.69) is 68.4 Å². The molecule has 87 heavy (non-hydrogen) atoms. The fourth-order valence-electron chi connectivity index (χ4n) is 19.6. The Balaban J connectivity index is 0.000000105. The monoisotopic (exact) mass is 1230 g/mol. The Morgan fingerprint density at radius 3 is 1.67 bits per heavy atom. The van der Waals surface area contributed by atoms with Crippen molar-refractivity contribution >= 4 is 41.8 Å². The minimum Gasteiger partial charge on any atom is -0.462 e. The normalized spacial score (nSPS) is 50.6. The average molecular weight is 1230 g/mol. The summed E-state index contributed by atoms with van der Waals surface area (Å²) in [4.78, 5) is 78.9. The smallest absolute Gasteiger partial charge is 0.392 e. The van der Waals surface area contributed by atoms with Crippen molar-refractivity contribution in [2.24, 2.45) is 135 Å². The van der Waals surface area contributed by atoms with E-state index in [1.807, 2.05) is 0 Å². The first-order valence-corrected chi connectivity index (χ1v) is 32.5. The van der Waals surface area contributed by atoms with E-state index >= 15 is 0 Å². The Labute approximate surface area is 508 Å². The lowest BCUT2D eigenvalue weighted by molar-refractivity contribution is -0.202. The molecule has 10 aliphatic carbocycles. The highest BCUT2D eigenvalue weighted by Gasteiger charge is 2.72. The van der Waals surface area contributed by atoms with E-state index in [9.17, 15) is 56.9 Å². The van der Waals surface area contributed by atoms with Gasteiger partial charge in [-0.1, -0.05) is 69.2 Å². The van der Waals surface area contributed by atoms with Gasteiger partial charge >= 0.3 is 48.0 Å². The Morgan fingerprint density at radius 1 is 0.529 bits per heavy atom. The number of hydrogen-bond donors (Lipinski definition) is 2. The van der Waals surface area contributed by atoms with Gasteiger partial charge in [0.05, 0.1) is 77.6 Å². The molecule has 17 rings (SSSR count). The summed E-state index contributed by atoms with van der Waals surface area (Å²) in [7, 11) is 1.71. The Hall–Kier alpha value is -4.55. The number of carbonyl (C=O) groups excluding carboxylic acids is 7.